The topological polar surface area (TPSA) is 38.7 Å². The highest BCUT2D eigenvalue weighted by atomic mass is 32.1. The number of nitrogens with zero attached hydrogens (tertiary/aromatic N) is 3. The first-order valence-electron chi connectivity index (χ1n) is 4.54. The molecule has 3 heterocycles. The molecule has 3 rings (SSSR count). The zero-order chi connectivity index (χ0) is 10.1. The first-order valence-corrected chi connectivity index (χ1v) is 5.42. The minimum Gasteiger partial charge on any atom is -0.264 e. The molecule has 0 amide bonds. The summed E-state index contributed by atoms with van der Waals surface area (Å²) in [6.07, 6.45) is 5.37. The number of pyridine rings is 1. The van der Waals surface area contributed by atoms with Crippen molar-refractivity contribution in [2.24, 2.45) is 0 Å². The Bertz CT molecular complexity index is 589. The lowest BCUT2D eigenvalue weighted by atomic mass is 10.2. The first kappa shape index (κ1) is 8.49. The van der Waals surface area contributed by atoms with Crippen LogP contribution in [0.4, 0.5) is 0 Å². The van der Waals surface area contributed by atoms with Crippen LogP contribution in [0.5, 0.6) is 0 Å². The van der Waals surface area contributed by atoms with Gasteiger partial charge in [-0.25, -0.2) is 9.97 Å². The van der Waals surface area contributed by atoms with Crippen molar-refractivity contribution in [3.63, 3.8) is 0 Å². The SMILES string of the molecule is c1cncc(-c2ncc3sccc3n2)c1. The van der Waals surface area contributed by atoms with E-state index >= 15 is 0 Å². The number of hydrogen-bond acceptors (Lipinski definition) is 4. The van der Waals surface area contributed by atoms with Crippen LogP contribution in [0.2, 0.25) is 0 Å². The van der Waals surface area contributed by atoms with Crippen LogP contribution in [0, 0.1) is 0 Å². The second-order valence-corrected chi connectivity index (χ2v) is 4.05. The summed E-state index contributed by atoms with van der Waals surface area (Å²) >= 11 is 1.65. The number of thiophene rings is 1. The molecule has 3 aromatic rings. The third-order valence-corrected chi connectivity index (χ3v) is 2.96. The van der Waals surface area contributed by atoms with Gasteiger partial charge >= 0.3 is 0 Å². The van der Waals surface area contributed by atoms with Gasteiger partial charge in [0.2, 0.25) is 0 Å². The molecule has 3 aromatic heterocycles. The fourth-order valence-corrected chi connectivity index (χ4v) is 2.09. The third-order valence-electron chi connectivity index (χ3n) is 2.12. The van der Waals surface area contributed by atoms with Gasteiger partial charge in [0.05, 0.1) is 10.2 Å². The van der Waals surface area contributed by atoms with E-state index in [0.29, 0.717) is 0 Å². The summed E-state index contributed by atoms with van der Waals surface area (Å²) in [6.45, 7) is 0. The van der Waals surface area contributed by atoms with Crippen molar-refractivity contribution in [2.45, 2.75) is 0 Å². The lowest BCUT2D eigenvalue weighted by molar-refractivity contribution is 1.21. The Morgan fingerprint density at radius 3 is 3.00 bits per heavy atom. The molecule has 3 nitrogen and oxygen atoms in total. The molecule has 0 aliphatic rings. The normalized spacial score (nSPS) is 10.7. The smallest absolute Gasteiger partial charge is 0.161 e. The van der Waals surface area contributed by atoms with E-state index in [4.69, 9.17) is 0 Å². The molecule has 0 atom stereocenters. The van der Waals surface area contributed by atoms with E-state index in [2.05, 4.69) is 15.0 Å². The number of hydrogen-bond donors (Lipinski definition) is 0. The summed E-state index contributed by atoms with van der Waals surface area (Å²) in [6, 6.07) is 5.85. The van der Waals surface area contributed by atoms with Gasteiger partial charge in [0, 0.05) is 24.2 Å². The van der Waals surface area contributed by atoms with Crippen molar-refractivity contribution < 1.29 is 0 Å². The Balaban J connectivity index is 2.19. The summed E-state index contributed by atoms with van der Waals surface area (Å²) in [4.78, 5) is 12.8. The van der Waals surface area contributed by atoms with E-state index in [1.807, 2.05) is 29.8 Å². The van der Waals surface area contributed by atoms with Gasteiger partial charge in [-0.3, -0.25) is 4.98 Å². The lowest BCUT2D eigenvalue weighted by Gasteiger charge is -1.98. The van der Waals surface area contributed by atoms with Crippen LogP contribution in [0.1, 0.15) is 0 Å². The fraction of sp³-hybridized carbons (Fsp3) is 0. The van der Waals surface area contributed by atoms with Gasteiger partial charge in [-0.05, 0) is 23.6 Å². The molecule has 0 fully saturated rings. The van der Waals surface area contributed by atoms with Crippen molar-refractivity contribution >= 4 is 21.6 Å². The van der Waals surface area contributed by atoms with Gasteiger partial charge in [-0.2, -0.15) is 0 Å². The first-order chi connectivity index (χ1) is 7.43. The van der Waals surface area contributed by atoms with Gasteiger partial charge in [0.1, 0.15) is 0 Å². The molecule has 0 unspecified atom stereocenters. The number of fused-ring (bicyclic) bond motifs is 1. The molecule has 4 heteroatoms. The molecule has 0 spiro atoms. The molecule has 0 radical (unpaired) electrons. The van der Waals surface area contributed by atoms with Crippen LogP contribution < -0.4 is 0 Å². The quantitative estimate of drug-likeness (QED) is 0.624. The third kappa shape index (κ3) is 1.49. The summed E-state index contributed by atoms with van der Waals surface area (Å²) < 4.78 is 1.11. The van der Waals surface area contributed by atoms with Crippen LogP contribution in [-0.4, -0.2) is 15.0 Å². The highest BCUT2D eigenvalue weighted by molar-refractivity contribution is 7.17. The van der Waals surface area contributed by atoms with E-state index < -0.39 is 0 Å². The maximum absolute atomic E-state index is 4.46. The second kappa shape index (κ2) is 3.40. The minimum absolute atomic E-state index is 0.731. The summed E-state index contributed by atoms with van der Waals surface area (Å²) in [5.74, 6) is 0.731. The molecule has 0 aliphatic heterocycles. The summed E-state index contributed by atoms with van der Waals surface area (Å²) in [5, 5.41) is 2.02. The molecule has 0 bridgehead atoms. The van der Waals surface area contributed by atoms with Gasteiger partial charge in [-0.1, -0.05) is 0 Å². The summed E-state index contributed by atoms with van der Waals surface area (Å²) in [5.41, 5.74) is 1.94. The number of aromatic nitrogens is 3. The second-order valence-electron chi connectivity index (χ2n) is 3.11. The monoisotopic (exact) mass is 213 g/mol. The molecule has 0 aliphatic carbocycles. The van der Waals surface area contributed by atoms with Crippen molar-refractivity contribution in [1.82, 2.24) is 15.0 Å². The Morgan fingerprint density at radius 2 is 2.13 bits per heavy atom. The van der Waals surface area contributed by atoms with E-state index in [0.717, 1.165) is 21.6 Å². The van der Waals surface area contributed by atoms with Crippen LogP contribution in [-0.2, 0) is 0 Å². The molecule has 0 saturated heterocycles. The maximum atomic E-state index is 4.46. The predicted octanol–water partition coefficient (Wildman–Crippen LogP) is 2.75. The molecule has 0 aromatic carbocycles. The molecule has 72 valence electrons. The average molecular weight is 213 g/mol. The Hall–Kier alpha value is -1.81. The predicted molar refractivity (Wildman–Crippen MR) is 60.6 cm³/mol. The van der Waals surface area contributed by atoms with Crippen molar-refractivity contribution in [3.8, 4) is 11.4 Å². The van der Waals surface area contributed by atoms with Crippen molar-refractivity contribution in [3.05, 3.63) is 42.2 Å². The van der Waals surface area contributed by atoms with E-state index in [9.17, 15) is 0 Å². The highest BCUT2D eigenvalue weighted by Crippen LogP contribution is 2.21. The zero-order valence-corrected chi connectivity index (χ0v) is 8.61. The van der Waals surface area contributed by atoms with Gasteiger partial charge in [-0.15, -0.1) is 11.3 Å². The van der Waals surface area contributed by atoms with Gasteiger partial charge in [0.15, 0.2) is 5.82 Å². The summed E-state index contributed by atoms with van der Waals surface area (Å²) in [7, 11) is 0. The standard InChI is InChI=1S/C11H7N3S/c1-2-8(6-12-4-1)11-13-7-10-9(14-11)3-5-15-10/h1-7H. The molecule has 0 saturated carbocycles. The fourth-order valence-electron chi connectivity index (χ4n) is 1.40. The lowest BCUT2D eigenvalue weighted by Crippen LogP contribution is -1.87. The Morgan fingerprint density at radius 1 is 1.13 bits per heavy atom. The van der Waals surface area contributed by atoms with Gasteiger partial charge < -0.3 is 0 Å². The zero-order valence-electron chi connectivity index (χ0n) is 7.79. The molecular formula is C11H7N3S. The average Bonchev–Trinajstić information content (AvgIpc) is 2.77. The van der Waals surface area contributed by atoms with Crippen molar-refractivity contribution in [1.29, 1.82) is 0 Å². The largest absolute Gasteiger partial charge is 0.264 e. The Kier molecular flexibility index (Phi) is 1.93. The Labute approximate surface area is 90.5 Å². The van der Waals surface area contributed by atoms with Crippen molar-refractivity contribution in [2.75, 3.05) is 0 Å². The molecule has 0 N–H and O–H groups in total. The highest BCUT2D eigenvalue weighted by Gasteiger charge is 2.02. The molecule has 15 heavy (non-hydrogen) atoms. The van der Waals surface area contributed by atoms with Crippen LogP contribution in [0.3, 0.4) is 0 Å². The van der Waals surface area contributed by atoms with E-state index in [1.54, 1.807) is 23.7 Å². The van der Waals surface area contributed by atoms with Crippen LogP contribution >= 0.6 is 11.3 Å². The van der Waals surface area contributed by atoms with Gasteiger partial charge in [0.25, 0.3) is 0 Å². The maximum Gasteiger partial charge on any atom is 0.161 e. The van der Waals surface area contributed by atoms with Crippen LogP contribution in [0.25, 0.3) is 21.6 Å². The van der Waals surface area contributed by atoms with E-state index in [1.165, 1.54) is 0 Å². The minimum atomic E-state index is 0.731. The van der Waals surface area contributed by atoms with E-state index in [-0.39, 0.29) is 0 Å². The molecular weight excluding hydrogens is 206 g/mol. The van der Waals surface area contributed by atoms with Crippen LogP contribution in [0.15, 0.2) is 42.2 Å². The number of rotatable bonds is 1.